The van der Waals surface area contributed by atoms with Crippen LogP contribution in [0.3, 0.4) is 0 Å². The van der Waals surface area contributed by atoms with Crippen molar-refractivity contribution in [2.75, 3.05) is 25.0 Å². The molecule has 2 saturated heterocycles. The number of nitrogens with zero attached hydrogens (tertiary/aromatic N) is 2. The summed E-state index contributed by atoms with van der Waals surface area (Å²) in [4.78, 5) is 27.9. The molecule has 5 rings (SSSR count). The van der Waals surface area contributed by atoms with Crippen molar-refractivity contribution in [3.63, 3.8) is 0 Å². The lowest BCUT2D eigenvalue weighted by Crippen LogP contribution is -2.48. The molecular weight excluding hydrogens is 575 g/mol. The maximum Gasteiger partial charge on any atom is 0.471 e. The average Bonchev–Trinajstić information content (AvgIpc) is 3.73. The molecule has 0 bridgehead atoms. The zero-order valence-corrected chi connectivity index (χ0v) is 24.7. The number of likely N-dealkylation sites (tertiary alicyclic amines) is 1. The number of hydrogen-bond donors (Lipinski definition) is 2. The number of aliphatic hydroxyl groups is 1. The smallest absolute Gasteiger partial charge is 0.392 e. The summed E-state index contributed by atoms with van der Waals surface area (Å²) in [6.45, 7) is 5.23. The van der Waals surface area contributed by atoms with Crippen LogP contribution in [0.15, 0.2) is 61.2 Å². The summed E-state index contributed by atoms with van der Waals surface area (Å²) in [5.74, 6) is -2.67. The fourth-order valence-electron chi connectivity index (χ4n) is 6.54. The molecule has 1 saturated carbocycles. The fraction of sp³-hybridized carbons (Fsp3) is 0.515. The molecule has 1 aliphatic carbocycles. The molecular formula is C33H40F3N3O5. The topological polar surface area (TPSA) is 91.3 Å². The van der Waals surface area contributed by atoms with Gasteiger partial charge in [-0.2, -0.15) is 13.2 Å². The fourth-order valence-corrected chi connectivity index (χ4v) is 6.54. The predicted molar refractivity (Wildman–Crippen MR) is 158 cm³/mol. The van der Waals surface area contributed by atoms with E-state index in [0.29, 0.717) is 41.6 Å². The monoisotopic (exact) mass is 615 g/mol. The summed E-state index contributed by atoms with van der Waals surface area (Å²) in [6.07, 6.45) is 1.43. The van der Waals surface area contributed by atoms with Crippen molar-refractivity contribution in [1.29, 1.82) is 0 Å². The second-order valence-corrected chi connectivity index (χ2v) is 11.8. The van der Waals surface area contributed by atoms with Gasteiger partial charge in [0.1, 0.15) is 6.04 Å². The Morgan fingerprint density at radius 2 is 1.80 bits per heavy atom. The molecule has 2 aliphatic heterocycles. The average molecular weight is 616 g/mol. The first-order valence-electron chi connectivity index (χ1n) is 15.3. The number of benzene rings is 2. The van der Waals surface area contributed by atoms with Crippen molar-refractivity contribution < 1.29 is 37.3 Å². The molecule has 2 aromatic carbocycles. The van der Waals surface area contributed by atoms with Crippen LogP contribution < -0.4 is 5.32 Å². The van der Waals surface area contributed by atoms with E-state index < -0.39 is 30.3 Å². The number of anilines is 1. The summed E-state index contributed by atoms with van der Waals surface area (Å²) < 4.78 is 52.2. The Morgan fingerprint density at radius 1 is 1.05 bits per heavy atom. The zero-order chi connectivity index (χ0) is 31.3. The highest BCUT2D eigenvalue weighted by Crippen LogP contribution is 2.39. The number of nitrogens with one attached hydrogen (secondary N) is 1. The lowest BCUT2D eigenvalue weighted by Gasteiger charge is -2.39. The van der Waals surface area contributed by atoms with Gasteiger partial charge < -0.3 is 24.8 Å². The van der Waals surface area contributed by atoms with E-state index in [1.165, 1.54) is 12.8 Å². The van der Waals surface area contributed by atoms with Crippen molar-refractivity contribution in [3.05, 3.63) is 77.9 Å². The van der Waals surface area contributed by atoms with Crippen LogP contribution in [0.25, 0.3) is 0 Å². The highest BCUT2D eigenvalue weighted by molar-refractivity contribution is 5.98. The Bertz CT molecular complexity index is 1300. The molecule has 0 unspecified atom stereocenters. The Kier molecular flexibility index (Phi) is 10.4. The first-order chi connectivity index (χ1) is 21.2. The molecule has 44 heavy (non-hydrogen) atoms. The first kappa shape index (κ1) is 32.2. The van der Waals surface area contributed by atoms with Gasteiger partial charge in [-0.05, 0) is 48.9 Å². The highest BCUT2D eigenvalue weighted by Gasteiger charge is 2.47. The second kappa shape index (κ2) is 14.2. The second-order valence-electron chi connectivity index (χ2n) is 11.8. The number of carbonyl (C=O) groups is 2. The van der Waals surface area contributed by atoms with Crippen molar-refractivity contribution >= 4 is 17.5 Å². The van der Waals surface area contributed by atoms with E-state index >= 15 is 0 Å². The first-order valence-corrected chi connectivity index (χ1v) is 15.3. The van der Waals surface area contributed by atoms with Gasteiger partial charge in [0.25, 0.3) is 0 Å². The van der Waals surface area contributed by atoms with Crippen LogP contribution in [-0.4, -0.2) is 70.7 Å². The normalized spacial score (nSPS) is 24.5. The number of rotatable bonds is 10. The van der Waals surface area contributed by atoms with Crippen molar-refractivity contribution in [2.45, 2.75) is 88.3 Å². The summed E-state index contributed by atoms with van der Waals surface area (Å²) in [7, 11) is 0. The van der Waals surface area contributed by atoms with Gasteiger partial charge in [-0.3, -0.25) is 14.5 Å². The molecule has 0 radical (unpaired) electrons. The maximum atomic E-state index is 13.1. The molecule has 238 valence electrons. The van der Waals surface area contributed by atoms with Crippen LogP contribution in [0.1, 0.15) is 74.0 Å². The molecule has 2 heterocycles. The van der Waals surface area contributed by atoms with E-state index in [9.17, 15) is 27.9 Å². The number of aliphatic hydroxyl groups excluding tert-OH is 1. The van der Waals surface area contributed by atoms with Gasteiger partial charge in [0.15, 0.2) is 6.29 Å². The molecule has 8 nitrogen and oxygen atoms in total. The quantitative estimate of drug-likeness (QED) is 0.336. The number of amides is 2. The third-order valence-corrected chi connectivity index (χ3v) is 8.74. The van der Waals surface area contributed by atoms with E-state index in [0.717, 1.165) is 30.5 Å². The number of ether oxygens (including phenoxy) is 2. The molecule has 0 aromatic heterocycles. The minimum absolute atomic E-state index is 0.0560. The van der Waals surface area contributed by atoms with E-state index in [1.807, 2.05) is 36.4 Å². The standard InChI is InChI=1S/C33H40F3N3O5/c1-2-16-38(26-9-3-4-10-26)20-27-19-29(23-14-12-22(21-40)13-15-23)44-31(43-27)24-7-5-8-25(18-24)37-30(41)28-11-6-17-39(28)32(42)33(34,35)36/h2,5,7-8,12-15,18,26-29,31,40H,1,3-4,6,9-11,16-17,19-21H2,(H,37,41)/t27-,28+,29+,31+/m1/s1. The number of alkyl halides is 3. The number of halogens is 3. The SMILES string of the molecule is C=CCN(C[C@H]1C[C@@H](c2ccc(CO)cc2)O[C@@H](c2cccc(NC(=O)[C@@H]3CCCN3C(=O)C(F)(F)F)c2)O1)C1CCCC1. The highest BCUT2D eigenvalue weighted by atomic mass is 19.4. The van der Waals surface area contributed by atoms with E-state index in [2.05, 4.69) is 16.8 Å². The molecule has 11 heteroatoms. The van der Waals surface area contributed by atoms with Crippen molar-refractivity contribution in [1.82, 2.24) is 9.80 Å². The number of hydrogen-bond acceptors (Lipinski definition) is 6. The van der Waals surface area contributed by atoms with Gasteiger partial charge in [-0.15, -0.1) is 6.58 Å². The van der Waals surface area contributed by atoms with Gasteiger partial charge in [0, 0.05) is 43.3 Å². The van der Waals surface area contributed by atoms with Crippen LogP contribution in [0, 0.1) is 0 Å². The molecule has 0 spiro atoms. The Balaban J connectivity index is 1.34. The van der Waals surface area contributed by atoms with Gasteiger partial charge in [0.2, 0.25) is 5.91 Å². The Hall–Kier alpha value is -3.25. The number of carbonyl (C=O) groups excluding carboxylic acids is 2. The minimum atomic E-state index is -5.04. The summed E-state index contributed by atoms with van der Waals surface area (Å²) >= 11 is 0. The third kappa shape index (κ3) is 7.69. The molecule has 4 atom stereocenters. The van der Waals surface area contributed by atoms with Gasteiger partial charge in [-0.1, -0.05) is 55.3 Å². The minimum Gasteiger partial charge on any atom is -0.392 e. The molecule has 2 aromatic rings. The van der Waals surface area contributed by atoms with E-state index in [1.54, 1.807) is 18.2 Å². The van der Waals surface area contributed by atoms with Crippen LogP contribution >= 0.6 is 0 Å². The summed E-state index contributed by atoms with van der Waals surface area (Å²) in [5.41, 5.74) is 2.77. The third-order valence-electron chi connectivity index (χ3n) is 8.74. The maximum absolute atomic E-state index is 13.1. The van der Waals surface area contributed by atoms with Crippen LogP contribution in [-0.2, 0) is 25.7 Å². The molecule has 3 aliphatic rings. The van der Waals surface area contributed by atoms with Gasteiger partial charge in [0.05, 0.1) is 18.8 Å². The van der Waals surface area contributed by atoms with Crippen LogP contribution in [0.4, 0.5) is 18.9 Å². The molecule has 2 amide bonds. The lowest BCUT2D eigenvalue weighted by atomic mass is 9.99. The zero-order valence-electron chi connectivity index (χ0n) is 24.7. The van der Waals surface area contributed by atoms with Crippen LogP contribution in [0.5, 0.6) is 0 Å². The van der Waals surface area contributed by atoms with Crippen molar-refractivity contribution in [3.8, 4) is 0 Å². The van der Waals surface area contributed by atoms with Gasteiger partial charge >= 0.3 is 12.1 Å². The van der Waals surface area contributed by atoms with E-state index in [-0.39, 0.29) is 31.8 Å². The molecule has 3 fully saturated rings. The lowest BCUT2D eigenvalue weighted by molar-refractivity contribution is -0.253. The summed E-state index contributed by atoms with van der Waals surface area (Å²) in [5, 5.41) is 12.2. The largest absolute Gasteiger partial charge is 0.471 e. The van der Waals surface area contributed by atoms with Gasteiger partial charge in [-0.25, -0.2) is 0 Å². The summed E-state index contributed by atoms with van der Waals surface area (Å²) in [6, 6.07) is 13.8. The van der Waals surface area contributed by atoms with Crippen molar-refractivity contribution in [2.24, 2.45) is 0 Å². The van der Waals surface area contributed by atoms with Crippen LogP contribution in [0.2, 0.25) is 0 Å². The Labute approximate surface area is 255 Å². The predicted octanol–water partition coefficient (Wildman–Crippen LogP) is 5.65. The van der Waals surface area contributed by atoms with E-state index in [4.69, 9.17) is 9.47 Å². The molecule has 2 N–H and O–H groups in total. The Morgan fingerprint density at radius 3 is 2.48 bits per heavy atom.